The van der Waals surface area contributed by atoms with Gasteiger partial charge in [-0.15, -0.1) is 0 Å². The summed E-state index contributed by atoms with van der Waals surface area (Å²) in [6.07, 6.45) is 0. The molecule has 0 heterocycles. The summed E-state index contributed by atoms with van der Waals surface area (Å²) in [6, 6.07) is 6.71. The van der Waals surface area contributed by atoms with E-state index in [0.717, 1.165) is 0 Å². The Kier molecular flexibility index (Phi) is 2.94. The first-order valence-electron chi connectivity index (χ1n) is 3.35. The van der Waals surface area contributed by atoms with Crippen LogP contribution in [0.1, 0.15) is 10.4 Å². The van der Waals surface area contributed by atoms with E-state index in [9.17, 15) is 9.36 Å². The lowest BCUT2D eigenvalue weighted by Gasteiger charge is -1.99. The Hall–Kier alpha value is -1.21. The van der Waals surface area contributed by atoms with Crippen LogP contribution in [-0.2, 0) is 4.57 Å². The molecule has 1 aromatic carbocycles. The first-order valence-corrected chi connectivity index (χ1v) is 4.26. The Morgan fingerprint density at radius 1 is 1.42 bits per heavy atom. The molecule has 0 aliphatic rings. The van der Waals surface area contributed by atoms with Crippen molar-refractivity contribution in [2.24, 2.45) is 0 Å². The van der Waals surface area contributed by atoms with Crippen molar-refractivity contribution < 1.29 is 14.1 Å². The maximum absolute atomic E-state index is 11.0. The number of hydrogen-bond donors (Lipinski definition) is 0. The van der Waals surface area contributed by atoms with Crippen molar-refractivity contribution in [3.8, 4) is 5.75 Å². The number of methoxy groups -OCH3 is 1. The van der Waals surface area contributed by atoms with Crippen LogP contribution in [0.2, 0.25) is 0 Å². The van der Waals surface area contributed by atoms with Crippen molar-refractivity contribution in [3.05, 3.63) is 29.8 Å². The molecule has 4 heteroatoms. The van der Waals surface area contributed by atoms with E-state index >= 15 is 0 Å². The van der Waals surface area contributed by atoms with Crippen molar-refractivity contribution in [2.45, 2.75) is 0 Å². The largest absolute Gasteiger partial charge is 0.496 e. The van der Waals surface area contributed by atoms with Crippen molar-refractivity contribution in [2.75, 3.05) is 7.11 Å². The third kappa shape index (κ3) is 1.69. The van der Waals surface area contributed by atoms with Gasteiger partial charge in [-0.2, -0.15) is 0 Å². The molecule has 0 radical (unpaired) electrons. The number of carbonyl (C=O) groups excluding carboxylic acids is 1. The van der Waals surface area contributed by atoms with Crippen molar-refractivity contribution in [1.29, 1.82) is 0 Å². The van der Waals surface area contributed by atoms with Crippen LogP contribution in [0.4, 0.5) is 0 Å². The Bertz CT molecular complexity index is 309. The van der Waals surface area contributed by atoms with Gasteiger partial charge in [0.15, 0.2) is 0 Å². The average molecular weight is 183 g/mol. The third-order valence-electron chi connectivity index (χ3n) is 1.44. The van der Waals surface area contributed by atoms with Gasteiger partial charge < -0.3 is 4.74 Å². The van der Waals surface area contributed by atoms with Gasteiger partial charge in [-0.3, -0.25) is 0 Å². The zero-order valence-electron chi connectivity index (χ0n) is 6.53. The summed E-state index contributed by atoms with van der Waals surface area (Å²) in [5, 5.41) is 0. The molecule has 0 N–H and O–H groups in total. The average Bonchev–Trinajstić information content (AvgIpc) is 2.16. The first kappa shape index (κ1) is 8.88. The van der Waals surface area contributed by atoms with Crippen LogP contribution < -0.4 is 4.74 Å². The maximum atomic E-state index is 11.0. The Labute approximate surface area is 71.6 Å². The molecule has 3 nitrogen and oxygen atoms in total. The van der Waals surface area contributed by atoms with Gasteiger partial charge in [0.25, 0.3) is 0 Å². The second-order valence-electron chi connectivity index (χ2n) is 2.13. The fraction of sp³-hybridized carbons (Fsp3) is 0.125. The van der Waals surface area contributed by atoms with E-state index < -0.39 is 14.0 Å². The smallest absolute Gasteiger partial charge is 0.406 e. The lowest BCUT2D eigenvalue weighted by molar-refractivity contribution is 0.107. The highest BCUT2D eigenvalue weighted by atomic mass is 31.1. The molecule has 0 saturated carbocycles. The van der Waals surface area contributed by atoms with Crippen molar-refractivity contribution in [3.63, 3.8) is 0 Å². The third-order valence-corrected chi connectivity index (χ3v) is 1.90. The van der Waals surface area contributed by atoms with E-state index in [1.54, 1.807) is 24.3 Å². The number of hydrogen-bond acceptors (Lipinski definition) is 3. The van der Waals surface area contributed by atoms with Crippen LogP contribution >= 0.6 is 8.46 Å². The molecule has 0 aromatic heterocycles. The van der Waals surface area contributed by atoms with Crippen LogP contribution in [0, 0.1) is 0 Å². The highest BCUT2D eigenvalue weighted by Gasteiger charge is 2.17. The van der Waals surface area contributed by atoms with Gasteiger partial charge in [0, 0.05) is 0 Å². The van der Waals surface area contributed by atoms with Crippen LogP contribution in [-0.4, -0.2) is 12.6 Å². The summed E-state index contributed by atoms with van der Waals surface area (Å²) in [5.41, 5.74) is -0.0409. The first-order chi connectivity index (χ1) is 5.79. The zero-order valence-corrected chi connectivity index (χ0v) is 7.53. The van der Waals surface area contributed by atoms with Crippen LogP contribution in [0.3, 0.4) is 0 Å². The number of benzene rings is 1. The fourth-order valence-electron chi connectivity index (χ4n) is 0.887. The summed E-state index contributed by atoms with van der Waals surface area (Å²) in [5.74, 6) is 0.464. The predicted octanol–water partition coefficient (Wildman–Crippen LogP) is 1.86. The summed E-state index contributed by atoms with van der Waals surface area (Å²) in [4.78, 5) is 11.0. The summed E-state index contributed by atoms with van der Waals surface area (Å²) < 4.78 is 15.2. The van der Waals surface area contributed by atoms with E-state index in [2.05, 4.69) is 0 Å². The van der Waals surface area contributed by atoms with Crippen LogP contribution in [0.25, 0.3) is 0 Å². The second kappa shape index (κ2) is 3.98. The van der Waals surface area contributed by atoms with Gasteiger partial charge in [-0.25, -0.2) is 4.79 Å². The highest BCUT2D eigenvalue weighted by molar-refractivity contribution is 7.47. The Morgan fingerprint density at radius 3 is 2.67 bits per heavy atom. The Balaban J connectivity index is 3.13. The molecule has 0 aliphatic carbocycles. The maximum Gasteiger partial charge on any atom is 0.406 e. The zero-order chi connectivity index (χ0) is 8.97. The molecule has 0 bridgehead atoms. The van der Waals surface area contributed by atoms with Gasteiger partial charge in [0.05, 0.1) is 7.11 Å². The number of carbonyl (C=O) groups is 1. The fourth-order valence-corrected chi connectivity index (χ4v) is 1.20. The Morgan fingerprint density at radius 2 is 2.08 bits per heavy atom. The van der Waals surface area contributed by atoms with Gasteiger partial charge in [0.1, 0.15) is 11.3 Å². The molecule has 0 aliphatic heterocycles. The molecule has 12 heavy (non-hydrogen) atoms. The minimum absolute atomic E-state index is 0.369. The topological polar surface area (TPSA) is 43.4 Å². The second-order valence-corrected chi connectivity index (χ2v) is 2.79. The summed E-state index contributed by atoms with van der Waals surface area (Å²) in [7, 11) is 0.512. The number of ether oxygens (including phenoxy) is 1. The van der Waals surface area contributed by atoms with E-state index in [0.29, 0.717) is 11.3 Å². The molecule has 1 aromatic rings. The SMILES string of the molecule is COc1ccccc1C(=O)[PH+]=O. The lowest BCUT2D eigenvalue weighted by Crippen LogP contribution is -1.94. The molecule has 62 valence electrons. The lowest BCUT2D eigenvalue weighted by atomic mass is 10.2. The summed E-state index contributed by atoms with van der Waals surface area (Å²) in [6.45, 7) is 0. The van der Waals surface area contributed by atoms with Crippen molar-refractivity contribution in [1.82, 2.24) is 0 Å². The molecule has 0 spiro atoms. The van der Waals surface area contributed by atoms with Crippen LogP contribution in [0.15, 0.2) is 24.3 Å². The molecule has 1 rings (SSSR count). The predicted molar refractivity (Wildman–Crippen MR) is 46.3 cm³/mol. The van der Waals surface area contributed by atoms with Crippen LogP contribution in [0.5, 0.6) is 5.75 Å². The van der Waals surface area contributed by atoms with E-state index in [-0.39, 0.29) is 0 Å². The van der Waals surface area contributed by atoms with Gasteiger partial charge in [-0.1, -0.05) is 16.7 Å². The van der Waals surface area contributed by atoms with Gasteiger partial charge >= 0.3 is 14.0 Å². The molecule has 0 saturated heterocycles. The molecule has 0 amide bonds. The molecule has 1 unspecified atom stereocenters. The van der Waals surface area contributed by atoms with E-state index in [1.165, 1.54) is 7.11 Å². The normalized spacial score (nSPS) is 9.75. The monoisotopic (exact) mass is 183 g/mol. The van der Waals surface area contributed by atoms with Crippen molar-refractivity contribution >= 4 is 14.0 Å². The number of para-hydroxylation sites is 1. The van der Waals surface area contributed by atoms with Gasteiger partial charge in [-0.05, 0) is 12.1 Å². The van der Waals surface area contributed by atoms with E-state index in [1.807, 2.05) is 0 Å². The van der Waals surface area contributed by atoms with Gasteiger partial charge in [0.2, 0.25) is 0 Å². The minimum Gasteiger partial charge on any atom is -0.496 e. The molecular weight excluding hydrogens is 175 g/mol. The highest BCUT2D eigenvalue weighted by Crippen LogP contribution is 2.21. The quantitative estimate of drug-likeness (QED) is 0.671. The molecule has 1 atom stereocenters. The number of rotatable bonds is 3. The van der Waals surface area contributed by atoms with E-state index in [4.69, 9.17) is 4.74 Å². The standard InChI is InChI=1S/C8H7O3P/c1-11-7-5-3-2-4-6(7)8(9)12-10/h2-5H,1H3/p+1. The molecule has 0 fully saturated rings. The molecular formula is C8H8O3P+. The minimum atomic E-state index is -0.960. The summed E-state index contributed by atoms with van der Waals surface area (Å²) >= 11 is 0.